The van der Waals surface area contributed by atoms with Crippen molar-refractivity contribution in [1.82, 2.24) is 10.1 Å². The quantitative estimate of drug-likeness (QED) is 0.842. The van der Waals surface area contributed by atoms with Crippen molar-refractivity contribution in [3.63, 3.8) is 0 Å². The van der Waals surface area contributed by atoms with E-state index in [2.05, 4.69) is 14.7 Å². The Hall–Kier alpha value is -2.37. The van der Waals surface area contributed by atoms with Crippen molar-refractivity contribution in [1.29, 1.82) is 0 Å². The molecule has 0 amide bonds. The van der Waals surface area contributed by atoms with Gasteiger partial charge in [0.1, 0.15) is 5.75 Å². The highest BCUT2D eigenvalue weighted by Gasteiger charge is 2.16. The molecule has 0 radical (unpaired) electrons. The number of methoxy groups -OCH3 is 1. The molecule has 0 saturated heterocycles. The van der Waals surface area contributed by atoms with E-state index >= 15 is 0 Å². The van der Waals surface area contributed by atoms with E-state index in [0.717, 1.165) is 0 Å². The van der Waals surface area contributed by atoms with E-state index in [9.17, 15) is 4.79 Å². The van der Waals surface area contributed by atoms with E-state index in [1.54, 1.807) is 24.3 Å². The Balaban J connectivity index is 2.46. The molecule has 0 saturated carbocycles. The van der Waals surface area contributed by atoms with Crippen LogP contribution in [0.1, 0.15) is 10.7 Å². The van der Waals surface area contributed by atoms with Crippen molar-refractivity contribution in [3.8, 4) is 17.1 Å². The molecule has 0 aliphatic rings. The number of carboxylic acids is 1. The summed E-state index contributed by atoms with van der Waals surface area (Å²) in [6, 6.07) is 7.01. The Bertz CT molecular complexity index is 521. The van der Waals surface area contributed by atoms with Crippen LogP contribution in [0.4, 0.5) is 0 Å². The van der Waals surface area contributed by atoms with E-state index in [-0.39, 0.29) is 5.82 Å². The number of aromatic carboxylic acids is 1. The Morgan fingerprint density at radius 2 is 2.19 bits per heavy atom. The van der Waals surface area contributed by atoms with Crippen LogP contribution < -0.4 is 4.74 Å². The van der Waals surface area contributed by atoms with Gasteiger partial charge >= 0.3 is 11.9 Å². The summed E-state index contributed by atoms with van der Waals surface area (Å²) in [4.78, 5) is 14.3. The van der Waals surface area contributed by atoms with Crippen molar-refractivity contribution >= 4 is 5.97 Å². The number of rotatable bonds is 3. The van der Waals surface area contributed by atoms with Gasteiger partial charge in [-0.3, -0.25) is 0 Å². The van der Waals surface area contributed by atoms with Crippen LogP contribution in [0.25, 0.3) is 11.4 Å². The number of carbonyl (C=O) groups is 1. The Morgan fingerprint density at radius 3 is 2.81 bits per heavy atom. The lowest BCUT2D eigenvalue weighted by Crippen LogP contribution is -1.96. The van der Waals surface area contributed by atoms with Crippen LogP contribution in [0, 0.1) is 0 Å². The average molecular weight is 220 g/mol. The van der Waals surface area contributed by atoms with Gasteiger partial charge in [0.05, 0.1) is 12.7 Å². The van der Waals surface area contributed by atoms with Crippen molar-refractivity contribution in [2.45, 2.75) is 0 Å². The molecule has 1 heterocycles. The van der Waals surface area contributed by atoms with Gasteiger partial charge in [0.25, 0.3) is 0 Å². The van der Waals surface area contributed by atoms with Crippen molar-refractivity contribution in [3.05, 3.63) is 30.2 Å². The first kappa shape index (κ1) is 10.2. The maximum Gasteiger partial charge on any atom is 0.394 e. The summed E-state index contributed by atoms with van der Waals surface area (Å²) in [5.74, 6) is -0.954. The van der Waals surface area contributed by atoms with Crippen LogP contribution >= 0.6 is 0 Å². The first-order chi connectivity index (χ1) is 7.72. The molecule has 1 aromatic carbocycles. The van der Waals surface area contributed by atoms with Crippen LogP contribution in [0.15, 0.2) is 28.8 Å². The molecule has 0 unspecified atom stereocenters. The third-order valence-electron chi connectivity index (χ3n) is 1.96. The lowest BCUT2D eigenvalue weighted by atomic mass is 10.2. The molecule has 0 bridgehead atoms. The molecule has 0 aliphatic carbocycles. The molecule has 6 heteroatoms. The summed E-state index contributed by atoms with van der Waals surface area (Å²) in [5.41, 5.74) is 0.584. The number of hydrogen-bond donors (Lipinski definition) is 1. The summed E-state index contributed by atoms with van der Waals surface area (Å²) in [6.07, 6.45) is 0. The summed E-state index contributed by atoms with van der Waals surface area (Å²) in [6.45, 7) is 0. The third-order valence-corrected chi connectivity index (χ3v) is 1.96. The van der Waals surface area contributed by atoms with Crippen LogP contribution in [-0.2, 0) is 0 Å². The van der Waals surface area contributed by atoms with Crippen molar-refractivity contribution < 1.29 is 19.2 Å². The monoisotopic (exact) mass is 220 g/mol. The minimum Gasteiger partial charge on any atom is -0.496 e. The number of aromatic nitrogens is 2. The zero-order valence-corrected chi connectivity index (χ0v) is 8.38. The fourth-order valence-electron chi connectivity index (χ4n) is 1.25. The van der Waals surface area contributed by atoms with Crippen LogP contribution in [0.5, 0.6) is 5.75 Å². The first-order valence-corrected chi connectivity index (χ1v) is 4.42. The van der Waals surface area contributed by atoms with E-state index < -0.39 is 11.9 Å². The fraction of sp³-hybridized carbons (Fsp3) is 0.100. The second kappa shape index (κ2) is 4.01. The van der Waals surface area contributed by atoms with Crippen LogP contribution in [0.2, 0.25) is 0 Å². The summed E-state index contributed by atoms with van der Waals surface area (Å²) in [7, 11) is 1.51. The number of hydrogen-bond acceptors (Lipinski definition) is 5. The molecule has 0 atom stereocenters. The molecule has 1 N–H and O–H groups in total. The Labute approximate surface area is 90.5 Å². The highest BCUT2D eigenvalue weighted by atomic mass is 16.5. The maximum atomic E-state index is 10.6. The average Bonchev–Trinajstić information content (AvgIpc) is 2.78. The van der Waals surface area contributed by atoms with Gasteiger partial charge in [0.2, 0.25) is 5.82 Å². The number of para-hydroxylation sites is 1. The first-order valence-electron chi connectivity index (χ1n) is 4.42. The summed E-state index contributed by atoms with van der Waals surface area (Å²) in [5, 5.41) is 12.2. The van der Waals surface area contributed by atoms with Gasteiger partial charge in [-0.2, -0.15) is 4.98 Å². The lowest BCUT2D eigenvalue weighted by Gasteiger charge is -2.02. The molecule has 2 aromatic rings. The lowest BCUT2D eigenvalue weighted by molar-refractivity contribution is 0.0643. The van der Waals surface area contributed by atoms with Gasteiger partial charge in [-0.1, -0.05) is 17.3 Å². The zero-order chi connectivity index (χ0) is 11.5. The second-order valence-corrected chi connectivity index (χ2v) is 2.93. The molecule has 16 heavy (non-hydrogen) atoms. The molecule has 82 valence electrons. The summed E-state index contributed by atoms with van der Waals surface area (Å²) < 4.78 is 9.66. The molecular weight excluding hydrogens is 212 g/mol. The number of carboxylic acid groups (broad SMARTS) is 1. The predicted molar refractivity (Wildman–Crippen MR) is 53.2 cm³/mol. The van der Waals surface area contributed by atoms with E-state index in [1.165, 1.54) is 7.11 Å². The van der Waals surface area contributed by atoms with Crippen LogP contribution in [0.3, 0.4) is 0 Å². The van der Waals surface area contributed by atoms with E-state index in [1.807, 2.05) is 0 Å². The van der Waals surface area contributed by atoms with E-state index in [0.29, 0.717) is 11.3 Å². The summed E-state index contributed by atoms with van der Waals surface area (Å²) >= 11 is 0. The third kappa shape index (κ3) is 1.72. The van der Waals surface area contributed by atoms with Gasteiger partial charge < -0.3 is 14.4 Å². The Morgan fingerprint density at radius 1 is 1.44 bits per heavy atom. The van der Waals surface area contributed by atoms with Gasteiger partial charge in [-0.05, 0) is 12.1 Å². The molecule has 1 aromatic heterocycles. The van der Waals surface area contributed by atoms with Gasteiger partial charge in [-0.25, -0.2) is 4.79 Å². The van der Waals surface area contributed by atoms with Gasteiger partial charge in [0.15, 0.2) is 0 Å². The number of ether oxygens (including phenoxy) is 1. The molecule has 0 aliphatic heterocycles. The number of nitrogens with zero attached hydrogens (tertiary/aromatic N) is 2. The van der Waals surface area contributed by atoms with Crippen molar-refractivity contribution in [2.75, 3.05) is 7.11 Å². The molecule has 6 nitrogen and oxygen atoms in total. The van der Waals surface area contributed by atoms with Crippen LogP contribution in [-0.4, -0.2) is 28.3 Å². The van der Waals surface area contributed by atoms with E-state index in [4.69, 9.17) is 9.84 Å². The topological polar surface area (TPSA) is 85.5 Å². The minimum atomic E-state index is -1.26. The fourth-order valence-corrected chi connectivity index (χ4v) is 1.25. The second-order valence-electron chi connectivity index (χ2n) is 2.93. The van der Waals surface area contributed by atoms with Gasteiger partial charge in [0, 0.05) is 0 Å². The highest BCUT2D eigenvalue weighted by Crippen LogP contribution is 2.26. The normalized spacial score (nSPS) is 10.1. The largest absolute Gasteiger partial charge is 0.496 e. The van der Waals surface area contributed by atoms with Gasteiger partial charge in [-0.15, -0.1) is 0 Å². The Kier molecular flexibility index (Phi) is 2.55. The number of benzene rings is 1. The van der Waals surface area contributed by atoms with Crippen molar-refractivity contribution in [2.24, 2.45) is 0 Å². The smallest absolute Gasteiger partial charge is 0.394 e. The molecular formula is C10H8N2O4. The standard InChI is InChI=1S/C10H8N2O4/c1-15-7-5-3-2-4-6(7)8-11-9(10(13)14)16-12-8/h2-5H,1H3,(H,13,14). The highest BCUT2D eigenvalue weighted by molar-refractivity contribution is 5.82. The predicted octanol–water partition coefficient (Wildman–Crippen LogP) is 1.44. The maximum absolute atomic E-state index is 10.6. The minimum absolute atomic E-state index is 0.190. The molecule has 0 spiro atoms. The molecule has 0 fully saturated rings. The zero-order valence-electron chi connectivity index (χ0n) is 8.38. The SMILES string of the molecule is COc1ccccc1-c1noc(C(=O)O)n1. The molecule has 2 rings (SSSR count).